The molecular formula is C13H9N3O4. The molecule has 3 rings (SSSR count). The second-order valence-electron chi connectivity index (χ2n) is 4.09. The van der Waals surface area contributed by atoms with E-state index in [1.807, 2.05) is 17.1 Å². The van der Waals surface area contributed by atoms with E-state index in [0.29, 0.717) is 5.58 Å². The van der Waals surface area contributed by atoms with Crippen molar-refractivity contribution in [3.63, 3.8) is 0 Å². The molecule has 1 amide bonds. The van der Waals surface area contributed by atoms with E-state index in [0.717, 1.165) is 11.6 Å². The van der Waals surface area contributed by atoms with E-state index in [-0.39, 0.29) is 11.4 Å². The maximum absolute atomic E-state index is 12.0. The highest BCUT2D eigenvalue weighted by Crippen LogP contribution is 2.19. The molecular weight excluding hydrogens is 262 g/mol. The first kappa shape index (κ1) is 12.0. The molecule has 0 aliphatic heterocycles. The van der Waals surface area contributed by atoms with Crippen LogP contribution in [0.5, 0.6) is 0 Å². The summed E-state index contributed by atoms with van der Waals surface area (Å²) < 4.78 is 5.37. The topological polar surface area (TPSA) is 108 Å². The lowest BCUT2D eigenvalue weighted by Gasteiger charge is -2.00. The van der Waals surface area contributed by atoms with Gasteiger partial charge in [0.15, 0.2) is 5.76 Å². The van der Waals surface area contributed by atoms with Crippen LogP contribution in [0, 0.1) is 0 Å². The first-order chi connectivity index (χ1) is 9.63. The maximum Gasteiger partial charge on any atom is 0.325 e. The van der Waals surface area contributed by atoms with Crippen molar-refractivity contribution in [1.29, 1.82) is 0 Å². The largest absolute Gasteiger partial charge is 0.451 e. The number of fused-ring (bicyclic) bond motifs is 1. The van der Waals surface area contributed by atoms with E-state index >= 15 is 0 Å². The fourth-order valence-electron chi connectivity index (χ4n) is 1.78. The van der Waals surface area contributed by atoms with Crippen molar-refractivity contribution in [3.8, 4) is 0 Å². The van der Waals surface area contributed by atoms with Gasteiger partial charge in [-0.25, -0.2) is 4.79 Å². The van der Waals surface area contributed by atoms with E-state index in [4.69, 9.17) is 4.42 Å². The number of hydrogen-bond donors (Lipinski definition) is 3. The molecule has 0 saturated carbocycles. The summed E-state index contributed by atoms with van der Waals surface area (Å²) >= 11 is 0. The molecule has 0 saturated heterocycles. The lowest BCUT2D eigenvalue weighted by Crippen LogP contribution is -2.26. The summed E-state index contributed by atoms with van der Waals surface area (Å²) in [5, 5.41) is 3.15. The standard InChI is InChI=1S/C13H9N3O4/c17-11-8(6-14-13(19)16-11)15-12(18)10-5-7-3-1-2-4-9(7)20-10/h1-6H,(H,15,18)(H2,14,16,17,19). The summed E-state index contributed by atoms with van der Waals surface area (Å²) in [6.07, 6.45) is 1.13. The zero-order chi connectivity index (χ0) is 14.1. The number of nitrogens with one attached hydrogen (secondary N) is 3. The Bertz CT molecular complexity index is 870. The Balaban J connectivity index is 1.92. The van der Waals surface area contributed by atoms with Gasteiger partial charge in [-0.05, 0) is 12.1 Å². The second-order valence-corrected chi connectivity index (χ2v) is 4.09. The number of hydrogen-bond acceptors (Lipinski definition) is 4. The third-order valence-electron chi connectivity index (χ3n) is 2.72. The van der Waals surface area contributed by atoms with Crippen LogP contribution in [-0.4, -0.2) is 15.9 Å². The number of para-hydroxylation sites is 1. The second kappa shape index (κ2) is 4.54. The highest BCUT2D eigenvalue weighted by atomic mass is 16.3. The maximum atomic E-state index is 12.0. The molecule has 0 aliphatic rings. The summed E-state index contributed by atoms with van der Waals surface area (Å²) in [7, 11) is 0. The van der Waals surface area contributed by atoms with Crippen molar-refractivity contribution in [1.82, 2.24) is 9.97 Å². The first-order valence-corrected chi connectivity index (χ1v) is 5.75. The predicted octanol–water partition coefficient (Wildman–Crippen LogP) is 1.06. The third kappa shape index (κ3) is 2.12. The molecule has 0 unspecified atom stereocenters. The van der Waals surface area contributed by atoms with Crippen LogP contribution in [0.1, 0.15) is 10.6 Å². The fraction of sp³-hybridized carbons (Fsp3) is 0. The molecule has 0 spiro atoms. The summed E-state index contributed by atoms with van der Waals surface area (Å²) in [4.78, 5) is 38.6. The number of rotatable bonds is 2. The minimum atomic E-state index is -0.682. The molecule has 20 heavy (non-hydrogen) atoms. The molecule has 7 heteroatoms. The minimum Gasteiger partial charge on any atom is -0.451 e. The molecule has 1 aromatic carbocycles. The number of amides is 1. The Labute approximate surface area is 111 Å². The van der Waals surface area contributed by atoms with Gasteiger partial charge >= 0.3 is 5.69 Å². The molecule has 0 atom stereocenters. The quantitative estimate of drug-likeness (QED) is 0.647. The van der Waals surface area contributed by atoms with Crippen LogP contribution < -0.4 is 16.6 Å². The van der Waals surface area contributed by atoms with Gasteiger partial charge in [-0.1, -0.05) is 18.2 Å². The zero-order valence-electron chi connectivity index (χ0n) is 10.1. The number of anilines is 1. The van der Waals surface area contributed by atoms with Crippen LogP contribution in [0.25, 0.3) is 11.0 Å². The van der Waals surface area contributed by atoms with Gasteiger partial charge in [0.1, 0.15) is 11.3 Å². The van der Waals surface area contributed by atoms with Crippen LogP contribution in [0.4, 0.5) is 5.69 Å². The monoisotopic (exact) mass is 271 g/mol. The van der Waals surface area contributed by atoms with Gasteiger partial charge in [0, 0.05) is 11.6 Å². The van der Waals surface area contributed by atoms with Gasteiger partial charge in [-0.2, -0.15) is 0 Å². The summed E-state index contributed by atoms with van der Waals surface area (Å²) in [6, 6.07) is 8.73. The van der Waals surface area contributed by atoms with Crippen LogP contribution in [0.3, 0.4) is 0 Å². The van der Waals surface area contributed by atoms with E-state index in [2.05, 4.69) is 10.3 Å². The highest BCUT2D eigenvalue weighted by Gasteiger charge is 2.13. The van der Waals surface area contributed by atoms with Crippen molar-refractivity contribution in [2.24, 2.45) is 0 Å². The van der Waals surface area contributed by atoms with E-state index in [1.165, 1.54) is 0 Å². The fourth-order valence-corrected chi connectivity index (χ4v) is 1.78. The Morgan fingerprint density at radius 1 is 1.20 bits per heavy atom. The molecule has 0 aliphatic carbocycles. The zero-order valence-corrected chi connectivity index (χ0v) is 10.1. The SMILES string of the molecule is O=C(Nc1c[nH]c(=O)[nH]c1=O)c1cc2ccccc2o1. The van der Waals surface area contributed by atoms with E-state index < -0.39 is 17.2 Å². The van der Waals surface area contributed by atoms with Gasteiger partial charge < -0.3 is 14.7 Å². The lowest BCUT2D eigenvalue weighted by atomic mass is 10.2. The molecule has 3 N–H and O–H groups in total. The van der Waals surface area contributed by atoms with Crippen LogP contribution in [0.15, 0.2) is 50.5 Å². The molecule has 0 bridgehead atoms. The van der Waals surface area contributed by atoms with Crippen molar-refractivity contribution in [3.05, 3.63) is 63.1 Å². The molecule has 2 aromatic heterocycles. The highest BCUT2D eigenvalue weighted by molar-refractivity contribution is 6.04. The van der Waals surface area contributed by atoms with E-state index in [9.17, 15) is 14.4 Å². The van der Waals surface area contributed by atoms with Gasteiger partial charge in [0.25, 0.3) is 11.5 Å². The number of carbonyl (C=O) groups is 1. The summed E-state index contributed by atoms with van der Waals surface area (Å²) in [5.74, 6) is -0.490. The molecule has 7 nitrogen and oxygen atoms in total. The Hall–Kier alpha value is -3.09. The Morgan fingerprint density at radius 3 is 2.75 bits per heavy atom. The number of H-pyrrole nitrogens is 2. The van der Waals surface area contributed by atoms with Crippen molar-refractivity contribution in [2.45, 2.75) is 0 Å². The van der Waals surface area contributed by atoms with Crippen molar-refractivity contribution >= 4 is 22.6 Å². The van der Waals surface area contributed by atoms with Crippen molar-refractivity contribution < 1.29 is 9.21 Å². The van der Waals surface area contributed by atoms with Crippen LogP contribution in [0.2, 0.25) is 0 Å². The lowest BCUT2D eigenvalue weighted by molar-refractivity contribution is 0.0998. The Kier molecular flexibility index (Phi) is 2.72. The Morgan fingerprint density at radius 2 is 2.00 bits per heavy atom. The van der Waals surface area contributed by atoms with Gasteiger partial charge in [0.2, 0.25) is 0 Å². The number of benzene rings is 1. The normalized spacial score (nSPS) is 10.6. The summed E-state index contributed by atoms with van der Waals surface area (Å²) in [6.45, 7) is 0. The molecule has 0 fully saturated rings. The average molecular weight is 271 g/mol. The van der Waals surface area contributed by atoms with Crippen LogP contribution >= 0.6 is 0 Å². The minimum absolute atomic E-state index is 0.0601. The molecule has 100 valence electrons. The molecule has 2 heterocycles. The predicted molar refractivity (Wildman–Crippen MR) is 71.9 cm³/mol. The van der Waals surface area contributed by atoms with Gasteiger partial charge in [-0.3, -0.25) is 14.6 Å². The molecule has 0 radical (unpaired) electrons. The van der Waals surface area contributed by atoms with Gasteiger partial charge in [0.05, 0.1) is 0 Å². The number of aromatic nitrogens is 2. The first-order valence-electron chi connectivity index (χ1n) is 5.75. The number of carbonyl (C=O) groups excluding carboxylic acids is 1. The molecule has 3 aromatic rings. The third-order valence-corrected chi connectivity index (χ3v) is 2.72. The number of furan rings is 1. The van der Waals surface area contributed by atoms with Gasteiger partial charge in [-0.15, -0.1) is 0 Å². The van der Waals surface area contributed by atoms with E-state index in [1.54, 1.807) is 18.2 Å². The number of aromatic amines is 2. The van der Waals surface area contributed by atoms with Crippen LogP contribution in [-0.2, 0) is 0 Å². The average Bonchev–Trinajstić information content (AvgIpc) is 2.86. The summed E-state index contributed by atoms with van der Waals surface area (Å²) in [5.41, 5.74) is -0.807. The van der Waals surface area contributed by atoms with Crippen molar-refractivity contribution in [2.75, 3.05) is 5.32 Å². The smallest absolute Gasteiger partial charge is 0.325 e.